The smallest absolute Gasteiger partial charge is 0.255 e. The third-order valence-electron chi connectivity index (χ3n) is 4.61. The van der Waals surface area contributed by atoms with E-state index in [1.807, 2.05) is 13.0 Å². The highest BCUT2D eigenvalue weighted by Crippen LogP contribution is 2.45. The molecule has 3 heterocycles. The third-order valence-corrected chi connectivity index (χ3v) is 4.61. The van der Waals surface area contributed by atoms with Gasteiger partial charge in [0.25, 0.3) is 5.91 Å². The monoisotopic (exact) mass is 316 g/mol. The van der Waals surface area contributed by atoms with Crippen molar-refractivity contribution in [1.82, 2.24) is 10.2 Å². The Kier molecular flexibility index (Phi) is 3.04. The largest absolute Gasteiger partial charge is 0.453 e. The normalized spacial score (nSPS) is 22.4. The van der Waals surface area contributed by atoms with Crippen molar-refractivity contribution in [1.29, 1.82) is 0 Å². The Morgan fingerprint density at radius 2 is 2.04 bits per heavy atom. The molecule has 1 aromatic carbocycles. The molecule has 0 aromatic heterocycles. The van der Waals surface area contributed by atoms with E-state index in [1.165, 1.54) is 4.90 Å². The predicted octanol–water partition coefficient (Wildman–Crippen LogP) is 0.739. The lowest BCUT2D eigenvalue weighted by molar-refractivity contribution is -0.136. The van der Waals surface area contributed by atoms with Crippen molar-refractivity contribution >= 4 is 17.7 Å². The number of nitrogens with zero attached hydrogens (tertiary/aromatic N) is 1. The molecule has 1 aromatic rings. The molecule has 4 rings (SSSR count). The average molecular weight is 316 g/mol. The van der Waals surface area contributed by atoms with Gasteiger partial charge in [0.15, 0.2) is 11.5 Å². The van der Waals surface area contributed by atoms with Crippen molar-refractivity contribution in [2.45, 2.75) is 38.8 Å². The lowest BCUT2D eigenvalue weighted by atomic mass is 10.0. The van der Waals surface area contributed by atoms with Crippen LogP contribution >= 0.6 is 0 Å². The molecule has 1 saturated heterocycles. The SMILES string of the molecule is CCc1cc2c(c3c1OCO3)CN(C1CCC(=O)NC1=O)C2=O. The molecular formula is C16H16N2O5. The Balaban J connectivity index is 1.71. The van der Waals surface area contributed by atoms with Gasteiger partial charge in [-0.05, 0) is 24.5 Å². The fraction of sp³-hybridized carbons (Fsp3) is 0.438. The second-order valence-corrected chi connectivity index (χ2v) is 5.88. The van der Waals surface area contributed by atoms with Crippen LogP contribution in [0.3, 0.4) is 0 Å². The molecule has 0 aliphatic carbocycles. The minimum atomic E-state index is -0.615. The molecule has 120 valence electrons. The number of carbonyl (C=O) groups excluding carboxylic acids is 3. The Morgan fingerprint density at radius 3 is 2.78 bits per heavy atom. The first kappa shape index (κ1) is 14.0. The first-order chi connectivity index (χ1) is 11.1. The van der Waals surface area contributed by atoms with E-state index in [2.05, 4.69) is 5.32 Å². The number of hydrogen-bond donors (Lipinski definition) is 1. The highest BCUT2D eigenvalue weighted by molar-refractivity contribution is 6.06. The maximum atomic E-state index is 12.8. The van der Waals surface area contributed by atoms with Gasteiger partial charge in [-0.2, -0.15) is 0 Å². The number of rotatable bonds is 2. The number of benzene rings is 1. The zero-order valence-corrected chi connectivity index (χ0v) is 12.7. The van der Waals surface area contributed by atoms with Crippen molar-refractivity contribution in [3.8, 4) is 11.5 Å². The van der Waals surface area contributed by atoms with Crippen molar-refractivity contribution in [3.05, 3.63) is 22.8 Å². The first-order valence-corrected chi connectivity index (χ1v) is 7.69. The highest BCUT2D eigenvalue weighted by Gasteiger charge is 2.42. The van der Waals surface area contributed by atoms with Crippen LogP contribution in [0, 0.1) is 0 Å². The van der Waals surface area contributed by atoms with Gasteiger partial charge >= 0.3 is 0 Å². The number of fused-ring (bicyclic) bond motifs is 3. The molecular weight excluding hydrogens is 300 g/mol. The van der Waals surface area contributed by atoms with Crippen molar-refractivity contribution in [2.75, 3.05) is 6.79 Å². The Labute approximate surface area is 132 Å². The summed E-state index contributed by atoms with van der Waals surface area (Å²) in [5.74, 6) is 0.419. The Hall–Kier alpha value is -2.57. The first-order valence-electron chi connectivity index (χ1n) is 7.69. The van der Waals surface area contributed by atoms with Crippen LogP contribution in [0.2, 0.25) is 0 Å². The molecule has 7 nitrogen and oxygen atoms in total. The van der Waals surface area contributed by atoms with Gasteiger partial charge in [-0.25, -0.2) is 0 Å². The summed E-state index contributed by atoms with van der Waals surface area (Å²) in [4.78, 5) is 37.6. The number of imide groups is 1. The summed E-state index contributed by atoms with van der Waals surface area (Å²) in [5.41, 5.74) is 2.26. The maximum Gasteiger partial charge on any atom is 0.255 e. The summed E-state index contributed by atoms with van der Waals surface area (Å²) in [6.07, 6.45) is 1.32. The van der Waals surface area contributed by atoms with E-state index >= 15 is 0 Å². The Morgan fingerprint density at radius 1 is 1.26 bits per heavy atom. The number of amides is 3. The predicted molar refractivity (Wildman–Crippen MR) is 78.0 cm³/mol. The molecule has 0 spiro atoms. The fourth-order valence-electron chi connectivity index (χ4n) is 3.43. The van der Waals surface area contributed by atoms with Crippen molar-refractivity contribution in [3.63, 3.8) is 0 Å². The minimum Gasteiger partial charge on any atom is -0.453 e. The highest BCUT2D eigenvalue weighted by atomic mass is 16.7. The van der Waals surface area contributed by atoms with E-state index in [1.54, 1.807) is 0 Å². The van der Waals surface area contributed by atoms with Crippen LogP contribution in [0.5, 0.6) is 11.5 Å². The number of aryl methyl sites for hydroxylation is 1. The van der Waals surface area contributed by atoms with Crippen LogP contribution in [-0.4, -0.2) is 35.5 Å². The lowest BCUT2D eigenvalue weighted by Gasteiger charge is -2.29. The average Bonchev–Trinajstić information content (AvgIpc) is 3.12. The van der Waals surface area contributed by atoms with Crippen LogP contribution in [0.15, 0.2) is 6.07 Å². The summed E-state index contributed by atoms with van der Waals surface area (Å²) >= 11 is 0. The van der Waals surface area contributed by atoms with Crippen LogP contribution in [0.4, 0.5) is 0 Å². The standard InChI is InChI=1S/C16H16N2O5/c1-2-8-5-9-10(14-13(8)22-7-23-14)6-18(16(9)21)11-3-4-12(19)17-15(11)20/h5,11H,2-4,6-7H2,1H3,(H,17,19,20). The summed E-state index contributed by atoms with van der Waals surface area (Å²) < 4.78 is 11.1. The van der Waals surface area contributed by atoms with E-state index in [4.69, 9.17) is 9.47 Å². The number of hydrogen-bond acceptors (Lipinski definition) is 5. The van der Waals surface area contributed by atoms with E-state index in [9.17, 15) is 14.4 Å². The quantitative estimate of drug-likeness (QED) is 0.814. The zero-order chi connectivity index (χ0) is 16.1. The van der Waals surface area contributed by atoms with Crippen LogP contribution in [0.1, 0.15) is 41.3 Å². The van der Waals surface area contributed by atoms with E-state index in [0.717, 1.165) is 17.5 Å². The van der Waals surface area contributed by atoms with Crippen LogP contribution in [0.25, 0.3) is 0 Å². The summed E-state index contributed by atoms with van der Waals surface area (Å²) in [6, 6.07) is 1.22. The van der Waals surface area contributed by atoms with Crippen molar-refractivity contribution in [2.24, 2.45) is 0 Å². The molecule has 3 aliphatic heterocycles. The van der Waals surface area contributed by atoms with Crippen LogP contribution < -0.4 is 14.8 Å². The lowest BCUT2D eigenvalue weighted by Crippen LogP contribution is -2.52. The van der Waals surface area contributed by atoms with E-state index in [0.29, 0.717) is 30.0 Å². The fourth-order valence-corrected chi connectivity index (χ4v) is 3.43. The van der Waals surface area contributed by atoms with Gasteiger partial charge in [-0.1, -0.05) is 6.92 Å². The third kappa shape index (κ3) is 1.99. The number of piperidine rings is 1. The molecule has 3 aliphatic rings. The van der Waals surface area contributed by atoms with Gasteiger partial charge in [0, 0.05) is 17.5 Å². The number of ether oxygens (including phenoxy) is 2. The topological polar surface area (TPSA) is 84.9 Å². The number of nitrogens with one attached hydrogen (secondary N) is 1. The maximum absolute atomic E-state index is 12.8. The number of carbonyl (C=O) groups is 3. The molecule has 0 saturated carbocycles. The summed E-state index contributed by atoms with van der Waals surface area (Å²) in [5, 5.41) is 2.30. The molecule has 1 unspecified atom stereocenters. The second kappa shape index (κ2) is 4.97. The van der Waals surface area contributed by atoms with E-state index in [-0.39, 0.29) is 25.0 Å². The van der Waals surface area contributed by atoms with Gasteiger partial charge in [-0.3, -0.25) is 19.7 Å². The van der Waals surface area contributed by atoms with Gasteiger partial charge in [-0.15, -0.1) is 0 Å². The van der Waals surface area contributed by atoms with Gasteiger partial charge in [0.1, 0.15) is 6.04 Å². The minimum absolute atomic E-state index is 0.144. The van der Waals surface area contributed by atoms with Gasteiger partial charge in [0.2, 0.25) is 18.6 Å². The molecule has 1 atom stereocenters. The van der Waals surface area contributed by atoms with E-state index < -0.39 is 11.9 Å². The van der Waals surface area contributed by atoms with Gasteiger partial charge in [0.05, 0.1) is 6.54 Å². The molecule has 7 heteroatoms. The Bertz CT molecular complexity index is 742. The molecule has 23 heavy (non-hydrogen) atoms. The second-order valence-electron chi connectivity index (χ2n) is 5.88. The van der Waals surface area contributed by atoms with Crippen molar-refractivity contribution < 1.29 is 23.9 Å². The molecule has 0 bridgehead atoms. The van der Waals surface area contributed by atoms with Crippen LogP contribution in [-0.2, 0) is 22.6 Å². The zero-order valence-electron chi connectivity index (χ0n) is 12.7. The summed E-state index contributed by atoms with van der Waals surface area (Å²) in [7, 11) is 0. The molecule has 1 N–H and O–H groups in total. The molecule has 0 radical (unpaired) electrons. The molecule has 3 amide bonds. The van der Waals surface area contributed by atoms with Gasteiger partial charge < -0.3 is 14.4 Å². The molecule has 1 fully saturated rings. The summed E-state index contributed by atoms with van der Waals surface area (Å²) in [6.45, 7) is 2.43.